The van der Waals surface area contributed by atoms with Crippen molar-refractivity contribution in [2.24, 2.45) is 0 Å². The first-order valence-electron chi connectivity index (χ1n) is 9.22. The van der Waals surface area contributed by atoms with Gasteiger partial charge in [0.15, 0.2) is 11.5 Å². The first kappa shape index (κ1) is 19.9. The minimum Gasteiger partial charge on any atom is -0.493 e. The summed E-state index contributed by atoms with van der Waals surface area (Å²) in [5.74, 6) is 3.01. The number of nitrogens with zero attached hydrogens (tertiary/aromatic N) is 4. The van der Waals surface area contributed by atoms with Gasteiger partial charge in [0.05, 0.1) is 19.6 Å². The molecule has 3 aromatic rings. The molecule has 0 fully saturated rings. The van der Waals surface area contributed by atoms with E-state index in [1.165, 1.54) is 11.3 Å². The highest BCUT2D eigenvalue weighted by Crippen LogP contribution is 2.35. The molecule has 0 atom stereocenters. The zero-order chi connectivity index (χ0) is 20.3. The Kier molecular flexibility index (Phi) is 6.00. The second kappa shape index (κ2) is 8.44. The van der Waals surface area contributed by atoms with E-state index in [0.717, 1.165) is 46.1 Å². The number of anilines is 1. The average Bonchev–Trinajstić information content (AvgIpc) is 3.04. The van der Waals surface area contributed by atoms with Crippen LogP contribution in [0.15, 0.2) is 18.2 Å². The number of hydrogen-bond acceptors (Lipinski definition) is 7. The summed E-state index contributed by atoms with van der Waals surface area (Å²) in [5.41, 5.74) is 2.00. The molecule has 3 rings (SSSR count). The summed E-state index contributed by atoms with van der Waals surface area (Å²) in [5, 5.41) is 10.4. The van der Waals surface area contributed by atoms with Gasteiger partial charge in [-0.25, -0.2) is 9.97 Å². The zero-order valence-corrected chi connectivity index (χ0v) is 17.7. The van der Waals surface area contributed by atoms with Gasteiger partial charge in [-0.15, -0.1) is 11.3 Å². The van der Waals surface area contributed by atoms with Crippen molar-refractivity contribution in [2.75, 3.05) is 32.2 Å². The zero-order valence-electron chi connectivity index (χ0n) is 16.9. The van der Waals surface area contributed by atoms with Crippen LogP contribution in [-0.2, 0) is 6.42 Å². The van der Waals surface area contributed by atoms with Crippen LogP contribution in [0.4, 0.5) is 5.82 Å². The van der Waals surface area contributed by atoms with E-state index in [9.17, 15) is 5.26 Å². The van der Waals surface area contributed by atoms with Gasteiger partial charge in [0, 0.05) is 19.5 Å². The summed E-state index contributed by atoms with van der Waals surface area (Å²) in [6.45, 7) is 7.88. The quantitative estimate of drug-likeness (QED) is 0.592. The topological polar surface area (TPSA) is 71.3 Å². The Hall–Kier alpha value is -2.85. The summed E-state index contributed by atoms with van der Waals surface area (Å²) in [7, 11) is 3.25. The molecule has 0 radical (unpaired) electrons. The number of ether oxygens (including phenoxy) is 2. The van der Waals surface area contributed by atoms with Crippen LogP contribution < -0.4 is 14.4 Å². The van der Waals surface area contributed by atoms with Crippen LogP contribution in [0, 0.1) is 18.3 Å². The van der Waals surface area contributed by atoms with Crippen LogP contribution in [-0.4, -0.2) is 37.3 Å². The summed E-state index contributed by atoms with van der Waals surface area (Å²) >= 11 is 1.43. The predicted octanol–water partition coefficient (Wildman–Crippen LogP) is 4.33. The van der Waals surface area contributed by atoms with Crippen LogP contribution in [0.2, 0.25) is 0 Å². The Morgan fingerprint density at radius 1 is 1.11 bits per heavy atom. The molecule has 6 nitrogen and oxygen atoms in total. The van der Waals surface area contributed by atoms with Crippen molar-refractivity contribution in [3.05, 3.63) is 40.0 Å². The fraction of sp³-hybridized carbons (Fsp3) is 0.381. The molecule has 0 N–H and O–H groups in total. The molecule has 2 aromatic heterocycles. The minimum absolute atomic E-state index is 0.573. The van der Waals surface area contributed by atoms with E-state index in [1.54, 1.807) is 14.2 Å². The van der Waals surface area contributed by atoms with Crippen LogP contribution >= 0.6 is 11.3 Å². The molecule has 7 heteroatoms. The van der Waals surface area contributed by atoms with Crippen LogP contribution in [0.5, 0.6) is 11.5 Å². The van der Waals surface area contributed by atoms with Gasteiger partial charge in [-0.1, -0.05) is 6.07 Å². The lowest BCUT2D eigenvalue weighted by Crippen LogP contribution is -2.24. The number of aryl methyl sites for hydroxylation is 1. The Bertz CT molecular complexity index is 1040. The molecule has 0 unspecified atom stereocenters. The largest absolute Gasteiger partial charge is 0.493 e. The summed E-state index contributed by atoms with van der Waals surface area (Å²) in [4.78, 5) is 13.4. The number of methoxy groups -OCH3 is 2. The summed E-state index contributed by atoms with van der Waals surface area (Å²) in [6.07, 6.45) is 0.573. The molecule has 146 valence electrons. The van der Waals surface area contributed by atoms with E-state index in [0.29, 0.717) is 22.8 Å². The van der Waals surface area contributed by atoms with Gasteiger partial charge < -0.3 is 14.4 Å². The van der Waals surface area contributed by atoms with Crippen molar-refractivity contribution >= 4 is 27.4 Å². The Morgan fingerprint density at radius 3 is 2.43 bits per heavy atom. The number of nitriles is 1. The number of aromatic nitrogens is 2. The number of rotatable bonds is 7. The first-order chi connectivity index (χ1) is 13.6. The van der Waals surface area contributed by atoms with Crippen molar-refractivity contribution in [1.82, 2.24) is 9.97 Å². The summed E-state index contributed by atoms with van der Waals surface area (Å²) < 4.78 is 10.7. The SMILES string of the molecule is CCN(CC)c1nc(Cc2ccc(OC)c(OC)c2)nc2sc(C#N)c(C)c12. The van der Waals surface area contributed by atoms with Crippen molar-refractivity contribution in [3.63, 3.8) is 0 Å². The second-order valence-corrected chi connectivity index (χ2v) is 7.35. The van der Waals surface area contributed by atoms with Gasteiger partial charge in [-0.05, 0) is 44.0 Å². The third-order valence-electron chi connectivity index (χ3n) is 4.79. The molecule has 0 aliphatic carbocycles. The highest BCUT2D eigenvalue weighted by molar-refractivity contribution is 7.19. The molecule has 0 saturated heterocycles. The van der Waals surface area contributed by atoms with Crippen LogP contribution in [0.1, 0.15) is 35.7 Å². The maximum absolute atomic E-state index is 9.45. The molecule has 0 saturated carbocycles. The standard InChI is InChI=1S/C21H24N4O2S/c1-6-25(7-2)20-19-13(3)17(12-22)28-21(19)24-18(23-20)11-14-8-9-15(26-4)16(10-14)27-5/h8-10H,6-7,11H2,1-5H3. The van der Waals surface area contributed by atoms with E-state index in [-0.39, 0.29) is 0 Å². The van der Waals surface area contributed by atoms with Gasteiger partial charge in [0.2, 0.25) is 0 Å². The van der Waals surface area contributed by atoms with Gasteiger partial charge in [0.25, 0.3) is 0 Å². The van der Waals surface area contributed by atoms with Crippen molar-refractivity contribution in [1.29, 1.82) is 5.26 Å². The normalized spacial score (nSPS) is 10.7. The van der Waals surface area contributed by atoms with E-state index in [1.807, 2.05) is 25.1 Å². The predicted molar refractivity (Wildman–Crippen MR) is 113 cm³/mol. The molecule has 0 aliphatic heterocycles. The Labute approximate surface area is 169 Å². The molecule has 0 amide bonds. The third-order valence-corrected chi connectivity index (χ3v) is 5.88. The van der Waals surface area contributed by atoms with E-state index in [2.05, 4.69) is 24.8 Å². The Morgan fingerprint density at radius 2 is 1.82 bits per heavy atom. The monoisotopic (exact) mass is 396 g/mol. The van der Waals surface area contributed by atoms with Gasteiger partial charge >= 0.3 is 0 Å². The van der Waals surface area contributed by atoms with Crippen LogP contribution in [0.25, 0.3) is 10.2 Å². The number of hydrogen-bond donors (Lipinski definition) is 0. The molecule has 28 heavy (non-hydrogen) atoms. The number of fused-ring (bicyclic) bond motifs is 1. The fourth-order valence-corrected chi connectivity index (χ4v) is 4.26. The third kappa shape index (κ3) is 3.60. The summed E-state index contributed by atoms with van der Waals surface area (Å²) in [6, 6.07) is 8.12. The van der Waals surface area contributed by atoms with Crippen LogP contribution in [0.3, 0.4) is 0 Å². The number of benzene rings is 1. The average molecular weight is 397 g/mol. The lowest BCUT2D eigenvalue weighted by molar-refractivity contribution is 0.354. The number of thiophene rings is 1. The van der Waals surface area contributed by atoms with Gasteiger partial charge in [-0.2, -0.15) is 5.26 Å². The molecular formula is C21H24N4O2S. The van der Waals surface area contributed by atoms with Crippen molar-refractivity contribution in [2.45, 2.75) is 27.2 Å². The van der Waals surface area contributed by atoms with Crippen molar-refractivity contribution < 1.29 is 9.47 Å². The molecule has 0 spiro atoms. The first-order valence-corrected chi connectivity index (χ1v) is 10.0. The smallest absolute Gasteiger partial charge is 0.161 e. The van der Waals surface area contributed by atoms with E-state index < -0.39 is 0 Å². The molecule has 0 bridgehead atoms. The van der Waals surface area contributed by atoms with E-state index >= 15 is 0 Å². The van der Waals surface area contributed by atoms with Crippen molar-refractivity contribution in [3.8, 4) is 17.6 Å². The maximum Gasteiger partial charge on any atom is 0.161 e. The Balaban J connectivity index is 2.10. The van der Waals surface area contributed by atoms with Gasteiger partial charge in [-0.3, -0.25) is 0 Å². The highest BCUT2D eigenvalue weighted by Gasteiger charge is 2.19. The highest BCUT2D eigenvalue weighted by atomic mass is 32.1. The lowest BCUT2D eigenvalue weighted by atomic mass is 10.1. The minimum atomic E-state index is 0.573. The fourth-order valence-electron chi connectivity index (χ4n) is 3.27. The molecule has 1 aromatic carbocycles. The molecule has 0 aliphatic rings. The molecular weight excluding hydrogens is 372 g/mol. The molecule has 2 heterocycles. The second-order valence-electron chi connectivity index (χ2n) is 6.35. The lowest BCUT2D eigenvalue weighted by Gasteiger charge is -2.21. The maximum atomic E-state index is 9.45. The van der Waals surface area contributed by atoms with Gasteiger partial charge in [0.1, 0.15) is 27.4 Å². The van der Waals surface area contributed by atoms with E-state index in [4.69, 9.17) is 19.4 Å².